The van der Waals surface area contributed by atoms with Gasteiger partial charge in [-0.05, 0) is 38.3 Å². The molecule has 6 heteroatoms. The molecule has 0 aliphatic carbocycles. The maximum atomic E-state index is 12.3. The molecule has 2 rings (SSSR count). The first kappa shape index (κ1) is 15.2. The second-order valence-corrected chi connectivity index (χ2v) is 5.27. The summed E-state index contributed by atoms with van der Waals surface area (Å²) in [6.45, 7) is 3.18. The number of anilines is 1. The molecule has 0 bridgehead atoms. The maximum Gasteiger partial charge on any atom is 0.263 e. The van der Waals surface area contributed by atoms with E-state index in [0.29, 0.717) is 5.69 Å². The average molecular weight is 291 g/mol. The number of piperidine rings is 1. The van der Waals surface area contributed by atoms with Crippen LogP contribution >= 0.6 is 0 Å². The lowest BCUT2D eigenvalue weighted by Gasteiger charge is -2.29. The molecule has 1 aromatic carbocycles. The van der Waals surface area contributed by atoms with E-state index in [9.17, 15) is 9.59 Å². The first-order valence-corrected chi connectivity index (χ1v) is 7.14. The fourth-order valence-corrected chi connectivity index (χ4v) is 2.45. The molecule has 4 N–H and O–H groups in total. The van der Waals surface area contributed by atoms with E-state index in [4.69, 9.17) is 16.2 Å². The first-order valence-electron chi connectivity index (χ1n) is 7.14. The molecule has 1 heterocycles. The van der Waals surface area contributed by atoms with Crippen molar-refractivity contribution in [3.05, 3.63) is 23.8 Å². The van der Waals surface area contributed by atoms with Crippen molar-refractivity contribution in [2.45, 2.75) is 32.3 Å². The number of carbonyl (C=O) groups is 2. The third-order valence-corrected chi connectivity index (χ3v) is 3.59. The summed E-state index contributed by atoms with van der Waals surface area (Å²) in [5, 5.41) is 0. The van der Waals surface area contributed by atoms with Gasteiger partial charge in [-0.3, -0.25) is 9.59 Å². The zero-order valence-corrected chi connectivity index (χ0v) is 12.2. The number of benzene rings is 1. The van der Waals surface area contributed by atoms with Crippen molar-refractivity contribution in [3.8, 4) is 5.75 Å². The lowest BCUT2D eigenvalue weighted by atomic mass is 10.1. The summed E-state index contributed by atoms with van der Waals surface area (Å²) in [5.41, 5.74) is 11.7. The number of hydrogen-bond donors (Lipinski definition) is 2. The summed E-state index contributed by atoms with van der Waals surface area (Å²) in [6, 6.07) is 4.59. The lowest BCUT2D eigenvalue weighted by molar-refractivity contribution is -0.138. The molecule has 1 saturated heterocycles. The Morgan fingerprint density at radius 1 is 1.24 bits per heavy atom. The molecule has 1 aliphatic rings. The number of rotatable bonds is 4. The Labute approximate surface area is 124 Å². The van der Waals surface area contributed by atoms with Gasteiger partial charge in [0.15, 0.2) is 6.10 Å². The molecule has 0 aromatic heterocycles. The summed E-state index contributed by atoms with van der Waals surface area (Å²) in [6.07, 6.45) is 2.51. The number of hydrogen-bond acceptors (Lipinski definition) is 4. The van der Waals surface area contributed by atoms with Gasteiger partial charge in [-0.25, -0.2) is 0 Å². The van der Waals surface area contributed by atoms with Gasteiger partial charge in [0, 0.05) is 24.8 Å². The highest BCUT2D eigenvalue weighted by Crippen LogP contribution is 2.23. The zero-order chi connectivity index (χ0) is 15.4. The highest BCUT2D eigenvalue weighted by molar-refractivity contribution is 5.96. The zero-order valence-electron chi connectivity index (χ0n) is 12.2. The van der Waals surface area contributed by atoms with Gasteiger partial charge < -0.3 is 21.1 Å². The van der Waals surface area contributed by atoms with Crippen LogP contribution in [0.25, 0.3) is 0 Å². The summed E-state index contributed by atoms with van der Waals surface area (Å²) in [7, 11) is 0. The van der Waals surface area contributed by atoms with Gasteiger partial charge in [0.1, 0.15) is 5.75 Å². The van der Waals surface area contributed by atoms with E-state index >= 15 is 0 Å². The van der Waals surface area contributed by atoms with Crippen LogP contribution in [0.15, 0.2) is 18.2 Å². The minimum Gasteiger partial charge on any atom is -0.480 e. The standard InChI is InChI=1S/C15H21N3O3/c1-10(15(20)18-7-3-2-4-8-18)21-13-9-11(16)5-6-12(13)14(17)19/h5-6,9-10H,2-4,7-8,16H2,1H3,(H2,17,19). The van der Waals surface area contributed by atoms with Crippen LogP contribution < -0.4 is 16.2 Å². The second kappa shape index (κ2) is 6.47. The molecule has 1 aliphatic heterocycles. The Bertz CT molecular complexity index is 539. The Morgan fingerprint density at radius 3 is 2.52 bits per heavy atom. The van der Waals surface area contributed by atoms with Crippen LogP contribution in [0, 0.1) is 0 Å². The van der Waals surface area contributed by atoms with Crippen molar-refractivity contribution < 1.29 is 14.3 Å². The molecule has 21 heavy (non-hydrogen) atoms. The van der Waals surface area contributed by atoms with Gasteiger partial charge >= 0.3 is 0 Å². The molecule has 114 valence electrons. The van der Waals surface area contributed by atoms with Crippen molar-refractivity contribution in [2.24, 2.45) is 5.73 Å². The highest BCUT2D eigenvalue weighted by atomic mass is 16.5. The number of nitrogens with two attached hydrogens (primary N) is 2. The fourth-order valence-electron chi connectivity index (χ4n) is 2.45. The Balaban J connectivity index is 2.11. The molecular formula is C15H21N3O3. The number of nitrogens with zero attached hydrogens (tertiary/aromatic N) is 1. The number of ether oxygens (including phenoxy) is 1. The van der Waals surface area contributed by atoms with Crippen LogP contribution in [-0.4, -0.2) is 35.9 Å². The van der Waals surface area contributed by atoms with Crippen LogP contribution in [0.5, 0.6) is 5.75 Å². The molecule has 2 amide bonds. The monoisotopic (exact) mass is 291 g/mol. The van der Waals surface area contributed by atoms with Crippen molar-refractivity contribution in [2.75, 3.05) is 18.8 Å². The minimum atomic E-state index is -0.678. The number of carbonyl (C=O) groups excluding carboxylic acids is 2. The van der Waals surface area contributed by atoms with Gasteiger partial charge in [0.25, 0.3) is 11.8 Å². The van der Waals surface area contributed by atoms with E-state index in [-0.39, 0.29) is 17.2 Å². The van der Waals surface area contributed by atoms with Crippen LogP contribution in [0.1, 0.15) is 36.5 Å². The largest absolute Gasteiger partial charge is 0.480 e. The van der Waals surface area contributed by atoms with Gasteiger partial charge in [-0.15, -0.1) is 0 Å². The summed E-state index contributed by atoms with van der Waals surface area (Å²) >= 11 is 0. The molecule has 0 radical (unpaired) electrons. The molecule has 1 atom stereocenters. The average Bonchev–Trinajstić information content (AvgIpc) is 2.47. The lowest BCUT2D eigenvalue weighted by Crippen LogP contribution is -2.43. The minimum absolute atomic E-state index is 0.0763. The Morgan fingerprint density at radius 2 is 1.90 bits per heavy atom. The smallest absolute Gasteiger partial charge is 0.263 e. The number of primary amides is 1. The van der Waals surface area contributed by atoms with E-state index in [1.807, 2.05) is 0 Å². The van der Waals surface area contributed by atoms with Gasteiger partial charge in [-0.2, -0.15) is 0 Å². The Kier molecular flexibility index (Phi) is 4.67. The van der Waals surface area contributed by atoms with Crippen LogP contribution in [0.2, 0.25) is 0 Å². The molecule has 1 aromatic rings. The third kappa shape index (κ3) is 3.65. The number of nitrogen functional groups attached to an aromatic ring is 1. The van der Waals surface area contributed by atoms with Crippen molar-refractivity contribution >= 4 is 17.5 Å². The fraction of sp³-hybridized carbons (Fsp3) is 0.467. The SMILES string of the molecule is CC(Oc1cc(N)ccc1C(N)=O)C(=O)N1CCCCC1. The molecule has 1 unspecified atom stereocenters. The van der Waals surface area contributed by atoms with Crippen molar-refractivity contribution in [3.63, 3.8) is 0 Å². The molecule has 0 saturated carbocycles. The number of likely N-dealkylation sites (tertiary alicyclic amines) is 1. The number of amides is 2. The third-order valence-electron chi connectivity index (χ3n) is 3.59. The van der Waals surface area contributed by atoms with Crippen LogP contribution in [-0.2, 0) is 4.79 Å². The van der Waals surface area contributed by atoms with Crippen LogP contribution in [0.4, 0.5) is 5.69 Å². The molecule has 1 fully saturated rings. The predicted molar refractivity (Wildman–Crippen MR) is 79.9 cm³/mol. The highest BCUT2D eigenvalue weighted by Gasteiger charge is 2.24. The van der Waals surface area contributed by atoms with E-state index in [0.717, 1.165) is 32.4 Å². The topological polar surface area (TPSA) is 98.6 Å². The van der Waals surface area contributed by atoms with Gasteiger partial charge in [0.05, 0.1) is 5.56 Å². The molecule has 0 spiro atoms. The van der Waals surface area contributed by atoms with Gasteiger partial charge in [0.2, 0.25) is 0 Å². The van der Waals surface area contributed by atoms with Crippen LogP contribution in [0.3, 0.4) is 0 Å². The quantitative estimate of drug-likeness (QED) is 0.813. The van der Waals surface area contributed by atoms with E-state index in [1.54, 1.807) is 17.9 Å². The normalized spacial score (nSPS) is 16.3. The summed E-state index contributed by atoms with van der Waals surface area (Å²) in [5.74, 6) is -0.435. The van der Waals surface area contributed by atoms with Crippen molar-refractivity contribution in [1.29, 1.82) is 0 Å². The maximum absolute atomic E-state index is 12.3. The van der Waals surface area contributed by atoms with E-state index < -0.39 is 12.0 Å². The Hall–Kier alpha value is -2.24. The first-order chi connectivity index (χ1) is 9.99. The summed E-state index contributed by atoms with van der Waals surface area (Å²) < 4.78 is 5.63. The molecule has 6 nitrogen and oxygen atoms in total. The van der Waals surface area contributed by atoms with E-state index in [1.165, 1.54) is 12.1 Å². The molecular weight excluding hydrogens is 270 g/mol. The van der Waals surface area contributed by atoms with E-state index in [2.05, 4.69) is 0 Å². The predicted octanol–water partition coefficient (Wildman–Crippen LogP) is 1.15. The second-order valence-electron chi connectivity index (χ2n) is 5.27. The summed E-state index contributed by atoms with van der Waals surface area (Å²) in [4.78, 5) is 25.5. The van der Waals surface area contributed by atoms with Crippen molar-refractivity contribution in [1.82, 2.24) is 4.90 Å². The van der Waals surface area contributed by atoms with Gasteiger partial charge in [-0.1, -0.05) is 0 Å².